The molecule has 0 unspecified atom stereocenters. The number of hydrogen-bond acceptors (Lipinski definition) is 6. The van der Waals surface area contributed by atoms with Gasteiger partial charge in [-0.05, 0) is 36.1 Å². The number of aryl methyl sites for hydroxylation is 1. The second-order valence-corrected chi connectivity index (χ2v) is 8.59. The molecule has 1 amide bonds. The molecule has 1 heterocycles. The number of nitrogens with zero attached hydrogens (tertiary/aromatic N) is 2. The maximum absolute atomic E-state index is 12.6. The molecule has 8 heteroatoms. The van der Waals surface area contributed by atoms with Crippen LogP contribution in [-0.4, -0.2) is 34.0 Å². The summed E-state index contributed by atoms with van der Waals surface area (Å²) in [6.07, 6.45) is 1.40. The van der Waals surface area contributed by atoms with E-state index in [2.05, 4.69) is 15.3 Å². The molecule has 0 radical (unpaired) electrons. The lowest BCUT2D eigenvalue weighted by Gasteiger charge is -2.12. The van der Waals surface area contributed by atoms with Crippen LogP contribution >= 0.6 is 23.4 Å². The van der Waals surface area contributed by atoms with Crippen molar-refractivity contribution in [3.05, 3.63) is 70.4 Å². The minimum atomic E-state index is -0.0518. The van der Waals surface area contributed by atoms with Crippen molar-refractivity contribution >= 4 is 40.9 Å². The number of amides is 1. The van der Waals surface area contributed by atoms with Gasteiger partial charge in [-0.25, -0.2) is 9.97 Å². The first-order valence-corrected chi connectivity index (χ1v) is 11.7. The number of aromatic nitrogens is 2. The summed E-state index contributed by atoms with van der Waals surface area (Å²) < 4.78 is 0. The van der Waals surface area contributed by atoms with Crippen LogP contribution in [-0.2, 0) is 17.6 Å². The van der Waals surface area contributed by atoms with Crippen LogP contribution in [0.2, 0.25) is 5.02 Å². The Labute approximate surface area is 197 Å². The van der Waals surface area contributed by atoms with Crippen molar-refractivity contribution in [1.82, 2.24) is 15.3 Å². The van der Waals surface area contributed by atoms with E-state index in [-0.39, 0.29) is 17.4 Å². The number of ketones is 1. The van der Waals surface area contributed by atoms with Crippen molar-refractivity contribution in [2.45, 2.75) is 31.8 Å². The molecule has 0 aliphatic carbocycles. The zero-order chi connectivity index (χ0) is 23.1. The average molecular weight is 469 g/mol. The summed E-state index contributed by atoms with van der Waals surface area (Å²) in [5.41, 5.74) is 10.5. The minimum Gasteiger partial charge on any atom is -0.383 e. The smallest absolute Gasteiger partial charge is 0.216 e. The summed E-state index contributed by atoms with van der Waals surface area (Å²) in [5, 5.41) is 3.90. The van der Waals surface area contributed by atoms with Crippen LogP contribution in [0.1, 0.15) is 35.5 Å². The number of rotatable bonds is 9. The van der Waals surface area contributed by atoms with Crippen molar-refractivity contribution in [2.24, 2.45) is 0 Å². The third kappa shape index (κ3) is 6.31. The number of nitrogen functional groups attached to an aromatic ring is 1. The Morgan fingerprint density at radius 2 is 1.75 bits per heavy atom. The molecule has 0 aliphatic heterocycles. The highest BCUT2D eigenvalue weighted by molar-refractivity contribution is 7.99. The standard InChI is InChI=1S/C24H25ClN4O2S/c1-3-20-22(18-8-10-19(25)11-9-18)23(26)29-24(28-20)32-14-21(31)17-6-4-16(5-7-17)12-13-27-15(2)30/h4-11H,3,12-14H2,1-2H3,(H,27,30)(H2,26,28,29). The van der Waals surface area contributed by atoms with Gasteiger partial charge < -0.3 is 11.1 Å². The SMILES string of the molecule is CCc1nc(SCC(=O)c2ccc(CCNC(C)=O)cc2)nc(N)c1-c1ccc(Cl)cc1. The number of carbonyl (C=O) groups excluding carboxylic acids is 2. The van der Waals surface area contributed by atoms with Crippen molar-refractivity contribution in [2.75, 3.05) is 18.0 Å². The molecule has 1 aromatic heterocycles. The third-order valence-electron chi connectivity index (χ3n) is 4.86. The molecule has 0 bridgehead atoms. The number of nitrogens with one attached hydrogen (secondary N) is 1. The normalized spacial score (nSPS) is 10.7. The minimum absolute atomic E-state index is 0.00888. The fourth-order valence-electron chi connectivity index (χ4n) is 3.21. The van der Waals surface area contributed by atoms with Crippen LogP contribution in [0.15, 0.2) is 53.7 Å². The van der Waals surface area contributed by atoms with Crippen LogP contribution in [0.4, 0.5) is 5.82 Å². The van der Waals surface area contributed by atoms with Crippen LogP contribution in [0.25, 0.3) is 11.1 Å². The number of hydrogen-bond donors (Lipinski definition) is 2. The molecule has 0 saturated carbocycles. The molecule has 3 aromatic rings. The van der Waals surface area contributed by atoms with Gasteiger partial charge in [0, 0.05) is 29.6 Å². The molecule has 0 fully saturated rings. The zero-order valence-corrected chi connectivity index (χ0v) is 19.6. The Morgan fingerprint density at radius 1 is 1.06 bits per heavy atom. The van der Waals surface area contributed by atoms with Crippen LogP contribution < -0.4 is 11.1 Å². The number of nitrogens with two attached hydrogens (primary N) is 1. The highest BCUT2D eigenvalue weighted by atomic mass is 35.5. The van der Waals surface area contributed by atoms with Gasteiger partial charge in [-0.1, -0.05) is 66.7 Å². The Hall–Kier alpha value is -2.90. The monoisotopic (exact) mass is 468 g/mol. The lowest BCUT2D eigenvalue weighted by atomic mass is 10.0. The van der Waals surface area contributed by atoms with Crippen molar-refractivity contribution in [1.29, 1.82) is 0 Å². The summed E-state index contributed by atoms with van der Waals surface area (Å²) in [7, 11) is 0. The number of halogens is 1. The summed E-state index contributed by atoms with van der Waals surface area (Å²) in [4.78, 5) is 32.6. The Balaban J connectivity index is 1.66. The summed E-state index contributed by atoms with van der Waals surface area (Å²) in [6.45, 7) is 4.07. The number of Topliss-reactive ketones (excluding diaryl/α,β-unsaturated/α-hetero) is 1. The number of anilines is 1. The van der Waals surface area contributed by atoms with Crippen molar-refractivity contribution in [3.63, 3.8) is 0 Å². The summed E-state index contributed by atoms with van der Waals surface area (Å²) in [6, 6.07) is 14.8. The molecule has 6 nitrogen and oxygen atoms in total. The van der Waals surface area contributed by atoms with Gasteiger partial charge in [-0.2, -0.15) is 0 Å². The van der Waals surface area contributed by atoms with Gasteiger partial charge in [-0.3, -0.25) is 9.59 Å². The van der Waals surface area contributed by atoms with Crippen LogP contribution in [0.3, 0.4) is 0 Å². The fourth-order valence-corrected chi connectivity index (χ4v) is 4.10. The van der Waals surface area contributed by atoms with Crippen molar-refractivity contribution in [3.8, 4) is 11.1 Å². The maximum Gasteiger partial charge on any atom is 0.216 e. The quantitative estimate of drug-likeness (QED) is 0.270. The third-order valence-corrected chi connectivity index (χ3v) is 5.95. The zero-order valence-electron chi connectivity index (χ0n) is 18.0. The second kappa shape index (κ2) is 11.1. The first-order valence-electron chi connectivity index (χ1n) is 10.3. The second-order valence-electron chi connectivity index (χ2n) is 7.22. The predicted octanol–water partition coefficient (Wildman–Crippen LogP) is 4.60. The van der Waals surface area contributed by atoms with Gasteiger partial charge in [0.1, 0.15) is 5.82 Å². The molecular weight excluding hydrogens is 444 g/mol. The molecule has 0 aliphatic rings. The largest absolute Gasteiger partial charge is 0.383 e. The van der Waals surface area contributed by atoms with Gasteiger partial charge in [0.15, 0.2) is 10.9 Å². The molecule has 166 valence electrons. The van der Waals surface area contributed by atoms with Gasteiger partial charge in [-0.15, -0.1) is 0 Å². The van der Waals surface area contributed by atoms with E-state index >= 15 is 0 Å². The van der Waals surface area contributed by atoms with E-state index in [0.29, 0.717) is 34.5 Å². The maximum atomic E-state index is 12.6. The molecule has 32 heavy (non-hydrogen) atoms. The van der Waals surface area contributed by atoms with Crippen LogP contribution in [0.5, 0.6) is 0 Å². The van der Waals surface area contributed by atoms with Crippen LogP contribution in [0, 0.1) is 0 Å². The highest BCUT2D eigenvalue weighted by Crippen LogP contribution is 2.31. The van der Waals surface area contributed by atoms with E-state index in [1.54, 1.807) is 0 Å². The topological polar surface area (TPSA) is 98.0 Å². The highest BCUT2D eigenvalue weighted by Gasteiger charge is 2.15. The van der Waals surface area contributed by atoms with E-state index in [1.807, 2.05) is 55.5 Å². The molecule has 2 aromatic carbocycles. The first kappa shape index (κ1) is 23.8. The van der Waals surface area contributed by atoms with E-state index in [9.17, 15) is 9.59 Å². The lowest BCUT2D eigenvalue weighted by Crippen LogP contribution is -2.22. The lowest BCUT2D eigenvalue weighted by molar-refractivity contribution is -0.118. The number of carbonyl (C=O) groups is 2. The van der Waals surface area contributed by atoms with Gasteiger partial charge in [0.25, 0.3) is 0 Å². The fraction of sp³-hybridized carbons (Fsp3) is 0.250. The number of benzene rings is 2. The van der Waals surface area contributed by atoms with E-state index in [1.165, 1.54) is 18.7 Å². The molecule has 0 atom stereocenters. The molecule has 3 rings (SSSR count). The van der Waals surface area contributed by atoms with Gasteiger partial charge >= 0.3 is 0 Å². The molecular formula is C24H25ClN4O2S. The predicted molar refractivity (Wildman–Crippen MR) is 130 cm³/mol. The summed E-state index contributed by atoms with van der Waals surface area (Å²) in [5.74, 6) is 0.542. The van der Waals surface area contributed by atoms with Gasteiger partial charge in [0.2, 0.25) is 5.91 Å². The van der Waals surface area contributed by atoms with E-state index in [0.717, 1.165) is 28.8 Å². The molecule has 0 spiro atoms. The number of thioether (sulfide) groups is 1. The average Bonchev–Trinajstić information content (AvgIpc) is 2.78. The Kier molecular flexibility index (Phi) is 8.25. The van der Waals surface area contributed by atoms with Gasteiger partial charge in [0.05, 0.1) is 11.4 Å². The summed E-state index contributed by atoms with van der Waals surface area (Å²) >= 11 is 7.26. The Morgan fingerprint density at radius 3 is 2.38 bits per heavy atom. The van der Waals surface area contributed by atoms with Crippen molar-refractivity contribution < 1.29 is 9.59 Å². The first-order chi connectivity index (χ1) is 15.4. The van der Waals surface area contributed by atoms with E-state index < -0.39 is 0 Å². The molecule has 0 saturated heterocycles. The molecule has 3 N–H and O–H groups in total. The Bertz CT molecular complexity index is 1100. The van der Waals surface area contributed by atoms with E-state index in [4.69, 9.17) is 17.3 Å².